The summed E-state index contributed by atoms with van der Waals surface area (Å²) in [5, 5.41) is 18.0. The second-order valence-corrected chi connectivity index (χ2v) is 7.46. The maximum absolute atomic E-state index is 8.99. The van der Waals surface area contributed by atoms with E-state index < -0.39 is 0 Å². The van der Waals surface area contributed by atoms with Crippen molar-refractivity contribution in [1.82, 2.24) is 0 Å². The predicted molar refractivity (Wildman–Crippen MR) is 77.8 cm³/mol. The van der Waals surface area contributed by atoms with E-state index >= 15 is 0 Å². The molecule has 0 radical (unpaired) electrons. The largest absolute Gasteiger partial charge is 0.192 e. The standard InChI is InChI=1S/C10H12N2S4/c11-7-9-10(8-12)16-6-4-14-2-1-13-3-5-15-9/h1-6H2. The molecule has 0 amide bonds. The van der Waals surface area contributed by atoms with Crippen molar-refractivity contribution in [3.05, 3.63) is 9.81 Å². The van der Waals surface area contributed by atoms with Gasteiger partial charge in [-0.2, -0.15) is 34.0 Å². The molecule has 6 heteroatoms. The third-order valence-corrected chi connectivity index (χ3v) is 6.59. The molecule has 0 aromatic heterocycles. The number of nitriles is 2. The Kier molecular flexibility index (Phi) is 8.14. The molecule has 0 atom stereocenters. The summed E-state index contributed by atoms with van der Waals surface area (Å²) in [6.45, 7) is 0. The fourth-order valence-corrected chi connectivity index (χ4v) is 5.23. The lowest BCUT2D eigenvalue weighted by molar-refractivity contribution is 1.45. The molecule has 0 aliphatic carbocycles. The van der Waals surface area contributed by atoms with Gasteiger partial charge in [-0.25, -0.2) is 0 Å². The van der Waals surface area contributed by atoms with E-state index in [9.17, 15) is 0 Å². The van der Waals surface area contributed by atoms with Crippen LogP contribution in [-0.4, -0.2) is 34.5 Å². The number of rotatable bonds is 0. The summed E-state index contributed by atoms with van der Waals surface area (Å²) in [6, 6.07) is 4.28. The van der Waals surface area contributed by atoms with Crippen molar-refractivity contribution in [2.75, 3.05) is 34.5 Å². The van der Waals surface area contributed by atoms with Crippen molar-refractivity contribution < 1.29 is 0 Å². The molecule has 0 bridgehead atoms. The van der Waals surface area contributed by atoms with Crippen LogP contribution in [0.15, 0.2) is 9.81 Å². The van der Waals surface area contributed by atoms with Crippen LogP contribution in [0, 0.1) is 22.7 Å². The van der Waals surface area contributed by atoms with Crippen LogP contribution >= 0.6 is 47.0 Å². The average molecular weight is 288 g/mol. The summed E-state index contributed by atoms with van der Waals surface area (Å²) < 4.78 is 0. The van der Waals surface area contributed by atoms with Gasteiger partial charge >= 0.3 is 0 Å². The summed E-state index contributed by atoms with van der Waals surface area (Å²) in [7, 11) is 0. The third kappa shape index (κ3) is 5.45. The van der Waals surface area contributed by atoms with E-state index in [0.717, 1.165) is 23.0 Å². The van der Waals surface area contributed by atoms with Crippen LogP contribution in [-0.2, 0) is 0 Å². The Labute approximate surface area is 114 Å². The Morgan fingerprint density at radius 2 is 1.06 bits per heavy atom. The van der Waals surface area contributed by atoms with Gasteiger partial charge in [0.25, 0.3) is 0 Å². The Hall–Kier alpha value is 0.120. The minimum atomic E-state index is 0.596. The molecule has 2 nitrogen and oxygen atoms in total. The maximum atomic E-state index is 8.99. The van der Waals surface area contributed by atoms with Crippen LogP contribution in [0.5, 0.6) is 0 Å². The molecule has 0 N–H and O–H groups in total. The molecular weight excluding hydrogens is 276 g/mol. The van der Waals surface area contributed by atoms with Crippen molar-refractivity contribution in [3.63, 3.8) is 0 Å². The van der Waals surface area contributed by atoms with Crippen molar-refractivity contribution in [2.24, 2.45) is 0 Å². The first-order valence-corrected chi connectivity index (χ1v) is 9.12. The molecule has 0 saturated carbocycles. The monoisotopic (exact) mass is 288 g/mol. The van der Waals surface area contributed by atoms with Crippen molar-refractivity contribution >= 4 is 47.0 Å². The van der Waals surface area contributed by atoms with E-state index in [-0.39, 0.29) is 0 Å². The van der Waals surface area contributed by atoms with Gasteiger partial charge < -0.3 is 0 Å². The van der Waals surface area contributed by atoms with E-state index in [1.807, 2.05) is 23.5 Å². The van der Waals surface area contributed by atoms with Crippen LogP contribution in [0.2, 0.25) is 0 Å². The van der Waals surface area contributed by atoms with Gasteiger partial charge in [0.15, 0.2) is 0 Å². The van der Waals surface area contributed by atoms with Gasteiger partial charge in [0.1, 0.15) is 21.9 Å². The second-order valence-electron chi connectivity index (χ2n) is 2.80. The molecule has 0 spiro atoms. The quantitative estimate of drug-likeness (QED) is 0.682. The molecule has 16 heavy (non-hydrogen) atoms. The normalized spacial score (nSPS) is 20.1. The zero-order valence-corrected chi connectivity index (χ0v) is 12.0. The second kappa shape index (κ2) is 9.18. The van der Waals surface area contributed by atoms with Gasteiger partial charge in [-0.05, 0) is 0 Å². The minimum Gasteiger partial charge on any atom is -0.192 e. The highest BCUT2D eigenvalue weighted by molar-refractivity contribution is 8.09. The van der Waals surface area contributed by atoms with E-state index in [1.165, 1.54) is 35.0 Å². The van der Waals surface area contributed by atoms with Crippen LogP contribution in [0.3, 0.4) is 0 Å². The summed E-state index contributed by atoms with van der Waals surface area (Å²) in [4.78, 5) is 1.19. The van der Waals surface area contributed by atoms with Crippen LogP contribution in [0.25, 0.3) is 0 Å². The summed E-state index contributed by atoms with van der Waals surface area (Å²) in [5.41, 5.74) is 0. The number of hydrogen-bond donors (Lipinski definition) is 0. The number of hydrogen-bond acceptors (Lipinski definition) is 6. The Morgan fingerprint density at radius 1 is 0.688 bits per heavy atom. The van der Waals surface area contributed by atoms with Crippen LogP contribution < -0.4 is 0 Å². The average Bonchev–Trinajstić information content (AvgIpc) is 2.30. The molecule has 0 fully saturated rings. The number of thioether (sulfide) groups is 4. The fraction of sp³-hybridized carbons (Fsp3) is 0.600. The summed E-state index contributed by atoms with van der Waals surface area (Å²) >= 11 is 6.88. The van der Waals surface area contributed by atoms with E-state index in [1.54, 1.807) is 0 Å². The molecule has 1 aliphatic rings. The van der Waals surface area contributed by atoms with Crippen LogP contribution in [0.1, 0.15) is 0 Å². The van der Waals surface area contributed by atoms with Gasteiger partial charge in [0.2, 0.25) is 0 Å². The van der Waals surface area contributed by atoms with Crippen LogP contribution in [0.4, 0.5) is 0 Å². The Morgan fingerprint density at radius 3 is 1.44 bits per heavy atom. The molecule has 0 aromatic rings. The highest BCUT2D eigenvalue weighted by atomic mass is 32.2. The summed E-state index contributed by atoms with van der Waals surface area (Å²) in [6.07, 6.45) is 0. The summed E-state index contributed by atoms with van der Waals surface area (Å²) in [5.74, 6) is 6.33. The minimum absolute atomic E-state index is 0.596. The van der Waals surface area contributed by atoms with Gasteiger partial charge in [0, 0.05) is 34.5 Å². The zero-order valence-electron chi connectivity index (χ0n) is 8.77. The Balaban J connectivity index is 2.63. The maximum Gasteiger partial charge on any atom is 0.109 e. The van der Waals surface area contributed by atoms with Gasteiger partial charge in [0.05, 0.1) is 0 Å². The SMILES string of the molecule is N#CC1=C(C#N)SCCSCCSCCS1. The predicted octanol–water partition coefficient (Wildman–Crippen LogP) is 3.19. The van der Waals surface area contributed by atoms with Gasteiger partial charge in [-0.3, -0.25) is 0 Å². The zero-order chi connectivity index (χ0) is 11.6. The van der Waals surface area contributed by atoms with Gasteiger partial charge in [-0.1, -0.05) is 0 Å². The highest BCUT2D eigenvalue weighted by Crippen LogP contribution is 2.28. The first-order chi connectivity index (χ1) is 7.88. The first-order valence-electron chi connectivity index (χ1n) is 4.84. The number of allylic oxidation sites excluding steroid dienone is 2. The van der Waals surface area contributed by atoms with Crippen molar-refractivity contribution in [2.45, 2.75) is 0 Å². The molecule has 1 aliphatic heterocycles. The third-order valence-electron chi connectivity index (χ3n) is 1.73. The van der Waals surface area contributed by atoms with E-state index in [4.69, 9.17) is 10.5 Å². The lowest BCUT2D eigenvalue weighted by Gasteiger charge is -2.06. The first kappa shape index (κ1) is 14.2. The fourth-order valence-electron chi connectivity index (χ4n) is 1.02. The molecule has 0 saturated heterocycles. The molecule has 86 valence electrons. The molecule has 0 aromatic carbocycles. The topological polar surface area (TPSA) is 47.6 Å². The highest BCUT2D eigenvalue weighted by Gasteiger charge is 2.08. The molecule has 1 heterocycles. The van der Waals surface area contributed by atoms with Crippen molar-refractivity contribution in [1.29, 1.82) is 10.5 Å². The van der Waals surface area contributed by atoms with Gasteiger partial charge in [-0.15, -0.1) is 23.5 Å². The van der Waals surface area contributed by atoms with E-state index in [2.05, 4.69) is 12.1 Å². The number of nitrogens with zero attached hydrogens (tertiary/aromatic N) is 2. The van der Waals surface area contributed by atoms with Crippen molar-refractivity contribution in [3.8, 4) is 12.1 Å². The Bertz CT molecular complexity index is 295. The lowest BCUT2D eigenvalue weighted by atomic mass is 10.5. The molecule has 1 rings (SSSR count). The van der Waals surface area contributed by atoms with E-state index in [0.29, 0.717) is 9.81 Å². The lowest BCUT2D eigenvalue weighted by Crippen LogP contribution is -1.95. The molecular formula is C10H12N2S4. The molecule has 0 unspecified atom stereocenters. The smallest absolute Gasteiger partial charge is 0.109 e.